The first-order chi connectivity index (χ1) is 7.26. The smallest absolute Gasteiger partial charge is 0.0477 e. The van der Waals surface area contributed by atoms with Crippen LogP contribution in [0.15, 0.2) is 0 Å². The Morgan fingerprint density at radius 2 is 2.07 bits per heavy atom. The minimum atomic E-state index is 0.281. The van der Waals surface area contributed by atoms with Crippen molar-refractivity contribution in [3.05, 3.63) is 0 Å². The van der Waals surface area contributed by atoms with Crippen LogP contribution in [0.25, 0.3) is 0 Å². The van der Waals surface area contributed by atoms with Gasteiger partial charge < -0.3 is 15.4 Å². The van der Waals surface area contributed by atoms with E-state index < -0.39 is 0 Å². The Kier molecular flexibility index (Phi) is 6.22. The molecule has 0 amide bonds. The van der Waals surface area contributed by atoms with Crippen molar-refractivity contribution in [1.29, 1.82) is 0 Å². The van der Waals surface area contributed by atoms with Crippen molar-refractivity contribution in [3.8, 4) is 0 Å². The van der Waals surface area contributed by atoms with Crippen molar-refractivity contribution in [2.75, 3.05) is 33.4 Å². The van der Waals surface area contributed by atoms with E-state index >= 15 is 0 Å². The molecule has 0 aromatic heterocycles. The lowest BCUT2D eigenvalue weighted by Gasteiger charge is -2.33. The molecule has 0 aliphatic carbocycles. The molecule has 0 bridgehead atoms. The summed E-state index contributed by atoms with van der Waals surface area (Å²) in [6, 6.07) is 0.281. The van der Waals surface area contributed by atoms with Gasteiger partial charge in [-0.15, -0.1) is 0 Å². The molecule has 3 nitrogen and oxygen atoms in total. The summed E-state index contributed by atoms with van der Waals surface area (Å²) in [4.78, 5) is 2.51. The molecule has 15 heavy (non-hydrogen) atoms. The molecule has 1 aliphatic heterocycles. The van der Waals surface area contributed by atoms with Gasteiger partial charge in [0.25, 0.3) is 0 Å². The lowest BCUT2D eigenvalue weighted by molar-refractivity contribution is 0.151. The molecule has 1 saturated heterocycles. The molecule has 1 aliphatic rings. The molecular formula is C12H26N2O. The molecule has 0 aromatic rings. The molecule has 1 fully saturated rings. The van der Waals surface area contributed by atoms with Gasteiger partial charge in [0.05, 0.1) is 0 Å². The maximum absolute atomic E-state index is 6.04. The quantitative estimate of drug-likeness (QED) is 0.728. The molecule has 3 heteroatoms. The van der Waals surface area contributed by atoms with Gasteiger partial charge in [-0.2, -0.15) is 0 Å². The molecule has 1 atom stereocenters. The van der Waals surface area contributed by atoms with Crippen LogP contribution in [-0.2, 0) is 4.74 Å². The second kappa shape index (κ2) is 7.20. The van der Waals surface area contributed by atoms with Crippen molar-refractivity contribution in [2.24, 2.45) is 11.7 Å². The summed E-state index contributed by atoms with van der Waals surface area (Å²) in [7, 11) is 1.74. The summed E-state index contributed by atoms with van der Waals surface area (Å²) in [6.45, 7) is 6.59. The highest BCUT2D eigenvalue weighted by Crippen LogP contribution is 2.19. The van der Waals surface area contributed by atoms with E-state index in [1.54, 1.807) is 7.11 Å². The lowest BCUT2D eigenvalue weighted by Crippen LogP contribution is -2.42. The first-order valence-corrected chi connectivity index (χ1v) is 6.23. The number of hydrogen-bond donors (Lipinski definition) is 1. The van der Waals surface area contributed by atoms with E-state index in [0.29, 0.717) is 0 Å². The highest BCUT2D eigenvalue weighted by molar-refractivity contribution is 4.75. The van der Waals surface area contributed by atoms with Gasteiger partial charge in [-0.1, -0.05) is 13.3 Å². The zero-order valence-electron chi connectivity index (χ0n) is 10.2. The molecule has 0 spiro atoms. The Hall–Kier alpha value is -0.120. The number of rotatable bonds is 6. The number of ether oxygens (including phenoxy) is 1. The predicted octanol–water partition coefficient (Wildman–Crippen LogP) is 1.47. The summed E-state index contributed by atoms with van der Waals surface area (Å²) in [5.74, 6) is 0.955. The second-order valence-corrected chi connectivity index (χ2v) is 4.69. The SMILES string of the molecule is CCC1CCN(CC(N)CCOC)CC1. The Bertz CT molecular complexity index is 156. The van der Waals surface area contributed by atoms with Gasteiger partial charge in [-0.3, -0.25) is 0 Å². The van der Waals surface area contributed by atoms with Crippen LogP contribution in [0, 0.1) is 5.92 Å². The van der Waals surface area contributed by atoms with E-state index in [9.17, 15) is 0 Å². The van der Waals surface area contributed by atoms with Crippen LogP contribution in [0.5, 0.6) is 0 Å². The molecule has 1 heterocycles. The van der Waals surface area contributed by atoms with Crippen molar-refractivity contribution in [2.45, 2.75) is 38.6 Å². The fourth-order valence-corrected chi connectivity index (χ4v) is 2.27. The van der Waals surface area contributed by atoms with Crippen molar-refractivity contribution < 1.29 is 4.74 Å². The van der Waals surface area contributed by atoms with Crippen LogP contribution in [0.4, 0.5) is 0 Å². The first-order valence-electron chi connectivity index (χ1n) is 6.23. The van der Waals surface area contributed by atoms with Gasteiger partial charge in [0, 0.05) is 26.3 Å². The van der Waals surface area contributed by atoms with Gasteiger partial charge in [-0.25, -0.2) is 0 Å². The number of hydrogen-bond acceptors (Lipinski definition) is 3. The topological polar surface area (TPSA) is 38.5 Å². The molecule has 1 unspecified atom stereocenters. The van der Waals surface area contributed by atoms with Crippen LogP contribution in [0.1, 0.15) is 32.6 Å². The van der Waals surface area contributed by atoms with E-state index in [-0.39, 0.29) is 6.04 Å². The van der Waals surface area contributed by atoms with E-state index in [1.165, 1.54) is 32.4 Å². The van der Waals surface area contributed by atoms with E-state index in [1.807, 2.05) is 0 Å². The predicted molar refractivity (Wildman–Crippen MR) is 63.9 cm³/mol. The van der Waals surface area contributed by atoms with Crippen molar-refractivity contribution in [1.82, 2.24) is 4.90 Å². The summed E-state index contributed by atoms with van der Waals surface area (Å²) >= 11 is 0. The van der Waals surface area contributed by atoms with Gasteiger partial charge in [0.1, 0.15) is 0 Å². The number of nitrogens with two attached hydrogens (primary N) is 1. The Morgan fingerprint density at radius 1 is 1.40 bits per heavy atom. The highest BCUT2D eigenvalue weighted by atomic mass is 16.5. The van der Waals surface area contributed by atoms with Crippen molar-refractivity contribution in [3.63, 3.8) is 0 Å². The molecule has 0 aromatic carbocycles. The zero-order chi connectivity index (χ0) is 11.1. The standard InChI is InChI=1S/C12H26N2O/c1-3-11-4-7-14(8-5-11)10-12(13)6-9-15-2/h11-12H,3-10,13H2,1-2H3. The third kappa shape index (κ3) is 4.96. The molecule has 0 radical (unpaired) electrons. The Balaban J connectivity index is 2.12. The number of likely N-dealkylation sites (tertiary alicyclic amines) is 1. The summed E-state index contributed by atoms with van der Waals surface area (Å²) < 4.78 is 5.04. The lowest BCUT2D eigenvalue weighted by atomic mass is 9.94. The van der Waals surface area contributed by atoms with Crippen LogP contribution < -0.4 is 5.73 Å². The van der Waals surface area contributed by atoms with E-state index in [4.69, 9.17) is 10.5 Å². The monoisotopic (exact) mass is 214 g/mol. The van der Waals surface area contributed by atoms with E-state index in [0.717, 1.165) is 25.5 Å². The third-order valence-corrected chi connectivity index (χ3v) is 3.47. The minimum absolute atomic E-state index is 0.281. The average molecular weight is 214 g/mol. The first kappa shape index (κ1) is 12.9. The molecule has 90 valence electrons. The zero-order valence-corrected chi connectivity index (χ0v) is 10.2. The normalized spacial score (nSPS) is 21.8. The Morgan fingerprint density at radius 3 is 2.60 bits per heavy atom. The maximum atomic E-state index is 6.04. The van der Waals surface area contributed by atoms with Crippen LogP contribution in [-0.4, -0.2) is 44.3 Å². The minimum Gasteiger partial charge on any atom is -0.385 e. The fourth-order valence-electron chi connectivity index (χ4n) is 2.27. The average Bonchev–Trinajstić information content (AvgIpc) is 2.27. The maximum Gasteiger partial charge on any atom is 0.0477 e. The largest absolute Gasteiger partial charge is 0.385 e. The second-order valence-electron chi connectivity index (χ2n) is 4.69. The van der Waals surface area contributed by atoms with Gasteiger partial charge in [-0.05, 0) is 38.3 Å². The van der Waals surface area contributed by atoms with Gasteiger partial charge in [0.15, 0.2) is 0 Å². The molecule has 2 N–H and O–H groups in total. The molecule has 0 saturated carbocycles. The van der Waals surface area contributed by atoms with Gasteiger partial charge in [0.2, 0.25) is 0 Å². The van der Waals surface area contributed by atoms with E-state index in [2.05, 4.69) is 11.8 Å². The summed E-state index contributed by atoms with van der Waals surface area (Å²) in [5, 5.41) is 0. The van der Waals surface area contributed by atoms with Crippen LogP contribution in [0.3, 0.4) is 0 Å². The fraction of sp³-hybridized carbons (Fsp3) is 1.00. The number of piperidine rings is 1. The summed E-state index contributed by atoms with van der Waals surface area (Å²) in [6.07, 6.45) is 5.02. The van der Waals surface area contributed by atoms with Crippen LogP contribution in [0.2, 0.25) is 0 Å². The third-order valence-electron chi connectivity index (χ3n) is 3.47. The summed E-state index contributed by atoms with van der Waals surface area (Å²) in [5.41, 5.74) is 6.04. The Labute approximate surface area is 94.0 Å². The number of nitrogens with zero attached hydrogens (tertiary/aromatic N) is 1. The van der Waals surface area contributed by atoms with Crippen molar-refractivity contribution >= 4 is 0 Å². The molecular weight excluding hydrogens is 188 g/mol. The number of methoxy groups -OCH3 is 1. The van der Waals surface area contributed by atoms with Gasteiger partial charge >= 0.3 is 0 Å². The van der Waals surface area contributed by atoms with Crippen LogP contribution >= 0.6 is 0 Å². The molecule has 1 rings (SSSR count). The highest BCUT2D eigenvalue weighted by Gasteiger charge is 2.18.